The summed E-state index contributed by atoms with van der Waals surface area (Å²) in [5.74, 6) is -0.600. The summed E-state index contributed by atoms with van der Waals surface area (Å²) in [6.07, 6.45) is 2.70. The van der Waals surface area contributed by atoms with Crippen LogP contribution in [0.15, 0.2) is 24.3 Å². The van der Waals surface area contributed by atoms with Crippen LogP contribution in [-0.4, -0.2) is 31.0 Å². The minimum atomic E-state index is -0.992. The lowest BCUT2D eigenvalue weighted by molar-refractivity contribution is -0.123. The number of carbonyl (C=O) groups excluding carboxylic acids is 3. The minimum Gasteiger partial charge on any atom is -0.497 e. The number of rotatable bonds is 6. The van der Waals surface area contributed by atoms with Crippen molar-refractivity contribution in [3.8, 4) is 5.75 Å². The van der Waals surface area contributed by atoms with Gasteiger partial charge in [0.05, 0.1) is 12.7 Å². The van der Waals surface area contributed by atoms with Gasteiger partial charge in [0.2, 0.25) is 5.91 Å². The molecule has 1 atom stereocenters. The zero-order valence-corrected chi connectivity index (χ0v) is 17.5. The Labute approximate surface area is 173 Å². The molecule has 0 bridgehead atoms. The molecule has 1 unspecified atom stereocenters. The van der Waals surface area contributed by atoms with Crippen molar-refractivity contribution in [3.63, 3.8) is 0 Å². The Morgan fingerprint density at radius 3 is 2.41 bits per heavy atom. The van der Waals surface area contributed by atoms with E-state index < -0.39 is 18.0 Å². The SMILES string of the molecule is COc1ccc(NC(=O)C(C)OC(=O)c2c(NC(C)=O)sc3c2CCCC3)cc1. The zero-order valence-electron chi connectivity index (χ0n) is 16.7. The van der Waals surface area contributed by atoms with Crippen molar-refractivity contribution in [3.05, 3.63) is 40.3 Å². The van der Waals surface area contributed by atoms with Crippen molar-refractivity contribution in [2.45, 2.75) is 45.6 Å². The van der Waals surface area contributed by atoms with Gasteiger partial charge < -0.3 is 20.1 Å². The summed E-state index contributed by atoms with van der Waals surface area (Å²) in [6, 6.07) is 6.86. The number of anilines is 2. The summed E-state index contributed by atoms with van der Waals surface area (Å²) in [7, 11) is 1.56. The maximum Gasteiger partial charge on any atom is 0.342 e. The molecule has 0 saturated carbocycles. The molecule has 2 aromatic rings. The van der Waals surface area contributed by atoms with Crippen LogP contribution in [0.2, 0.25) is 0 Å². The molecular weight excluding hydrogens is 392 g/mol. The number of nitrogens with one attached hydrogen (secondary N) is 2. The van der Waals surface area contributed by atoms with E-state index in [0.717, 1.165) is 36.1 Å². The van der Waals surface area contributed by atoms with Crippen molar-refractivity contribution >= 4 is 39.8 Å². The van der Waals surface area contributed by atoms with E-state index in [1.54, 1.807) is 31.4 Å². The van der Waals surface area contributed by atoms with Crippen molar-refractivity contribution in [2.24, 2.45) is 0 Å². The molecule has 154 valence electrons. The summed E-state index contributed by atoms with van der Waals surface area (Å²) in [4.78, 5) is 38.0. The van der Waals surface area contributed by atoms with Crippen LogP contribution in [0.1, 0.15) is 47.5 Å². The van der Waals surface area contributed by atoms with Gasteiger partial charge in [-0.3, -0.25) is 9.59 Å². The first kappa shape index (κ1) is 20.9. The van der Waals surface area contributed by atoms with Gasteiger partial charge >= 0.3 is 5.97 Å². The molecule has 1 aromatic carbocycles. The van der Waals surface area contributed by atoms with Gasteiger partial charge in [0.25, 0.3) is 5.91 Å². The quantitative estimate of drug-likeness (QED) is 0.699. The Morgan fingerprint density at radius 1 is 1.07 bits per heavy atom. The molecule has 3 rings (SSSR count). The van der Waals surface area contributed by atoms with Crippen LogP contribution in [0, 0.1) is 0 Å². The first-order chi connectivity index (χ1) is 13.9. The number of hydrogen-bond acceptors (Lipinski definition) is 6. The Balaban J connectivity index is 1.72. The van der Waals surface area contributed by atoms with Crippen LogP contribution in [-0.2, 0) is 27.2 Å². The van der Waals surface area contributed by atoms with E-state index in [1.807, 2.05) is 0 Å². The maximum atomic E-state index is 12.9. The predicted molar refractivity (Wildman–Crippen MR) is 112 cm³/mol. The van der Waals surface area contributed by atoms with Gasteiger partial charge in [-0.2, -0.15) is 0 Å². The Kier molecular flexibility index (Phi) is 6.53. The lowest BCUT2D eigenvalue weighted by Crippen LogP contribution is -2.30. The number of aryl methyl sites for hydroxylation is 1. The van der Waals surface area contributed by atoms with E-state index in [-0.39, 0.29) is 5.91 Å². The highest BCUT2D eigenvalue weighted by Crippen LogP contribution is 2.38. The molecule has 0 aliphatic heterocycles. The normalized spacial score (nSPS) is 13.8. The Hall–Kier alpha value is -2.87. The molecule has 0 spiro atoms. The second-order valence-electron chi connectivity index (χ2n) is 6.86. The average molecular weight is 416 g/mol. The van der Waals surface area contributed by atoms with Crippen molar-refractivity contribution in [1.29, 1.82) is 0 Å². The third-order valence-electron chi connectivity index (χ3n) is 4.68. The van der Waals surface area contributed by atoms with Crippen LogP contribution < -0.4 is 15.4 Å². The monoisotopic (exact) mass is 416 g/mol. The van der Waals surface area contributed by atoms with Crippen LogP contribution in [0.4, 0.5) is 10.7 Å². The standard InChI is InChI=1S/C21H24N2O5S/c1-12(19(25)23-14-8-10-15(27-3)11-9-14)28-21(26)18-16-6-4-5-7-17(16)29-20(18)22-13(2)24/h8-12H,4-7H2,1-3H3,(H,22,24)(H,23,25). The number of ether oxygens (including phenoxy) is 2. The third kappa shape index (κ3) is 4.95. The molecule has 2 N–H and O–H groups in total. The van der Waals surface area contributed by atoms with Gasteiger partial charge in [-0.05, 0) is 62.4 Å². The molecule has 8 heteroatoms. The number of amides is 2. The third-order valence-corrected chi connectivity index (χ3v) is 5.88. The average Bonchev–Trinajstić information content (AvgIpc) is 3.05. The van der Waals surface area contributed by atoms with E-state index in [9.17, 15) is 14.4 Å². The lowest BCUT2D eigenvalue weighted by Gasteiger charge is -2.16. The van der Waals surface area contributed by atoms with Crippen molar-refractivity contribution in [2.75, 3.05) is 17.7 Å². The topological polar surface area (TPSA) is 93.7 Å². The van der Waals surface area contributed by atoms with Crippen LogP contribution in [0.3, 0.4) is 0 Å². The predicted octanol–water partition coefficient (Wildman–Crippen LogP) is 3.78. The van der Waals surface area contributed by atoms with Gasteiger partial charge in [0, 0.05) is 17.5 Å². The summed E-state index contributed by atoms with van der Waals surface area (Å²) in [5, 5.41) is 5.94. The number of methoxy groups -OCH3 is 1. The lowest BCUT2D eigenvalue weighted by atomic mass is 9.95. The van der Waals surface area contributed by atoms with Gasteiger partial charge in [0.1, 0.15) is 10.8 Å². The first-order valence-corrected chi connectivity index (χ1v) is 10.3. The fourth-order valence-electron chi connectivity index (χ4n) is 3.22. The Bertz CT molecular complexity index is 920. The molecule has 2 amide bonds. The number of hydrogen-bond donors (Lipinski definition) is 2. The van der Waals surface area contributed by atoms with Crippen molar-refractivity contribution < 1.29 is 23.9 Å². The molecule has 1 heterocycles. The number of esters is 1. The summed E-state index contributed by atoms with van der Waals surface area (Å²) < 4.78 is 10.5. The fraction of sp³-hybridized carbons (Fsp3) is 0.381. The van der Waals surface area contributed by atoms with Gasteiger partial charge in [0.15, 0.2) is 6.10 Å². The van der Waals surface area contributed by atoms with Gasteiger partial charge in [-0.25, -0.2) is 4.79 Å². The maximum absolute atomic E-state index is 12.9. The van der Waals surface area contributed by atoms with Crippen LogP contribution in [0.5, 0.6) is 5.75 Å². The molecule has 1 aliphatic carbocycles. The van der Waals surface area contributed by atoms with Crippen LogP contribution in [0.25, 0.3) is 0 Å². The molecule has 1 aromatic heterocycles. The highest BCUT2D eigenvalue weighted by Gasteiger charge is 2.29. The zero-order chi connectivity index (χ0) is 21.0. The number of thiophene rings is 1. The fourth-order valence-corrected chi connectivity index (χ4v) is 4.54. The molecule has 29 heavy (non-hydrogen) atoms. The largest absolute Gasteiger partial charge is 0.497 e. The molecule has 7 nitrogen and oxygen atoms in total. The van der Waals surface area contributed by atoms with E-state index in [0.29, 0.717) is 22.0 Å². The van der Waals surface area contributed by atoms with E-state index in [4.69, 9.17) is 9.47 Å². The highest BCUT2D eigenvalue weighted by molar-refractivity contribution is 7.17. The number of fused-ring (bicyclic) bond motifs is 1. The van der Waals surface area contributed by atoms with E-state index >= 15 is 0 Å². The number of benzene rings is 1. The molecular formula is C21H24N2O5S. The molecule has 0 fully saturated rings. The Morgan fingerprint density at radius 2 is 1.76 bits per heavy atom. The molecule has 0 saturated heterocycles. The van der Waals surface area contributed by atoms with Gasteiger partial charge in [-0.1, -0.05) is 0 Å². The highest BCUT2D eigenvalue weighted by atomic mass is 32.1. The minimum absolute atomic E-state index is 0.247. The summed E-state index contributed by atoms with van der Waals surface area (Å²) in [5.41, 5.74) is 1.88. The summed E-state index contributed by atoms with van der Waals surface area (Å²) >= 11 is 1.41. The number of carbonyl (C=O) groups is 3. The smallest absolute Gasteiger partial charge is 0.342 e. The van der Waals surface area contributed by atoms with Crippen molar-refractivity contribution in [1.82, 2.24) is 0 Å². The van der Waals surface area contributed by atoms with E-state index in [1.165, 1.54) is 25.2 Å². The van der Waals surface area contributed by atoms with Gasteiger partial charge in [-0.15, -0.1) is 11.3 Å². The second-order valence-corrected chi connectivity index (χ2v) is 7.97. The second kappa shape index (κ2) is 9.09. The van der Waals surface area contributed by atoms with E-state index in [2.05, 4.69) is 10.6 Å². The van der Waals surface area contributed by atoms with Crippen LogP contribution >= 0.6 is 11.3 Å². The summed E-state index contributed by atoms with van der Waals surface area (Å²) in [6.45, 7) is 2.92. The first-order valence-electron chi connectivity index (χ1n) is 9.47. The molecule has 0 radical (unpaired) electrons. The molecule has 1 aliphatic rings.